The van der Waals surface area contributed by atoms with Gasteiger partial charge in [-0.15, -0.1) is 0 Å². The molecule has 2 heteroatoms. The molecule has 0 aliphatic heterocycles. The van der Waals surface area contributed by atoms with Gasteiger partial charge in [0.2, 0.25) is 0 Å². The molecule has 1 aromatic heterocycles. The second-order valence-electron chi connectivity index (χ2n) is 10.5. The van der Waals surface area contributed by atoms with Crippen LogP contribution in [0, 0.1) is 0 Å². The minimum Gasteiger partial charge on any atom is -0.247 e. The van der Waals surface area contributed by atoms with Gasteiger partial charge in [0.25, 0.3) is 5.82 Å². The molecule has 188 valence electrons. The lowest BCUT2D eigenvalue weighted by Crippen LogP contribution is -2.41. The van der Waals surface area contributed by atoms with Gasteiger partial charge in [-0.2, -0.15) is 0 Å². The minimum atomic E-state index is 0.624. The molecule has 32 heavy (non-hydrogen) atoms. The van der Waals surface area contributed by atoms with Crippen LogP contribution in [-0.4, -0.2) is 4.98 Å². The highest BCUT2D eigenvalue weighted by Gasteiger charge is 2.25. The summed E-state index contributed by atoms with van der Waals surface area (Å²) in [5, 5.41) is 0. The van der Waals surface area contributed by atoms with E-state index >= 15 is 0 Å². The molecule has 0 spiro atoms. The van der Waals surface area contributed by atoms with Crippen molar-refractivity contribution in [1.29, 1.82) is 0 Å². The fourth-order valence-electron chi connectivity index (χ4n) is 5.19. The first-order chi connectivity index (χ1) is 15.7. The predicted molar refractivity (Wildman–Crippen MR) is 142 cm³/mol. The van der Waals surface area contributed by atoms with E-state index in [4.69, 9.17) is 0 Å². The Labute approximate surface area is 202 Å². The first-order valence-corrected chi connectivity index (χ1v) is 14.8. The zero-order valence-corrected chi connectivity index (χ0v) is 22.6. The summed E-state index contributed by atoms with van der Waals surface area (Å²) in [7, 11) is 0. The molecule has 1 rings (SSSR count). The molecular weight excluding hydrogens is 388 g/mol. The summed E-state index contributed by atoms with van der Waals surface area (Å²) in [6.45, 7) is 9.38. The molecule has 1 N–H and O–H groups in total. The molecule has 0 aliphatic rings. The van der Waals surface area contributed by atoms with Gasteiger partial charge < -0.3 is 0 Å². The number of unbranched alkanes of at least 4 members (excludes halogenated alkanes) is 15. The van der Waals surface area contributed by atoms with Crippen molar-refractivity contribution >= 4 is 0 Å². The lowest BCUT2D eigenvalue weighted by atomic mass is 9.93. The molecule has 0 radical (unpaired) electrons. The van der Waals surface area contributed by atoms with E-state index in [1.807, 2.05) is 0 Å². The van der Waals surface area contributed by atoms with Gasteiger partial charge in [-0.25, -0.2) is 9.55 Å². The van der Waals surface area contributed by atoms with Crippen LogP contribution in [0.25, 0.3) is 0 Å². The van der Waals surface area contributed by atoms with Crippen molar-refractivity contribution in [3.8, 4) is 0 Å². The summed E-state index contributed by atoms with van der Waals surface area (Å²) >= 11 is 0. The van der Waals surface area contributed by atoms with Crippen LogP contribution in [-0.2, 0) is 0 Å². The fraction of sp³-hybridized carbons (Fsp3) is 0.900. The average Bonchev–Trinajstić information content (AvgIpc) is 3.29. The number of hydrogen-bond donors (Lipinski definition) is 1. The second-order valence-corrected chi connectivity index (χ2v) is 10.5. The number of rotatable bonds is 23. The quantitative estimate of drug-likeness (QED) is 0.127. The van der Waals surface area contributed by atoms with Crippen molar-refractivity contribution in [3.05, 3.63) is 18.2 Å². The van der Waals surface area contributed by atoms with Crippen molar-refractivity contribution in [1.82, 2.24) is 4.98 Å². The second kappa shape index (κ2) is 20.8. The molecular formula is C30H59N2+. The van der Waals surface area contributed by atoms with E-state index in [0.717, 1.165) is 0 Å². The lowest BCUT2D eigenvalue weighted by molar-refractivity contribution is -0.727. The van der Waals surface area contributed by atoms with Crippen molar-refractivity contribution in [2.24, 2.45) is 0 Å². The van der Waals surface area contributed by atoms with E-state index in [1.165, 1.54) is 141 Å². The van der Waals surface area contributed by atoms with E-state index in [9.17, 15) is 0 Å². The number of aromatic amines is 1. The van der Waals surface area contributed by atoms with Crippen LogP contribution in [0.1, 0.15) is 180 Å². The third kappa shape index (κ3) is 13.7. The van der Waals surface area contributed by atoms with Gasteiger partial charge in [-0.05, 0) is 32.6 Å². The minimum absolute atomic E-state index is 0.624. The molecule has 0 aliphatic carbocycles. The molecule has 0 saturated heterocycles. The van der Waals surface area contributed by atoms with Gasteiger partial charge in [0.05, 0.1) is 12.0 Å². The molecule has 0 aromatic carbocycles. The van der Waals surface area contributed by atoms with Gasteiger partial charge in [0.15, 0.2) is 0 Å². The zero-order valence-electron chi connectivity index (χ0n) is 22.6. The topological polar surface area (TPSA) is 19.7 Å². The number of nitrogens with one attached hydrogen (secondary N) is 1. The third-order valence-corrected chi connectivity index (χ3v) is 7.39. The van der Waals surface area contributed by atoms with Gasteiger partial charge >= 0.3 is 0 Å². The van der Waals surface area contributed by atoms with E-state index < -0.39 is 0 Å². The highest BCUT2D eigenvalue weighted by Crippen LogP contribution is 2.27. The van der Waals surface area contributed by atoms with Crippen molar-refractivity contribution in [2.45, 2.75) is 174 Å². The molecule has 2 nitrogen and oxygen atoms in total. The van der Waals surface area contributed by atoms with Crippen LogP contribution in [0.3, 0.4) is 0 Å². The van der Waals surface area contributed by atoms with E-state index in [2.05, 4.69) is 49.6 Å². The Bertz CT molecular complexity index is 507. The van der Waals surface area contributed by atoms with E-state index in [0.29, 0.717) is 12.0 Å². The SMILES string of the molecule is CCCCCCCCCCCCC(C)[n+]1cc[nH]c1C(CCCCC)CCCCCCC. The summed E-state index contributed by atoms with van der Waals surface area (Å²) in [5.74, 6) is 2.23. The molecule has 2 atom stereocenters. The highest BCUT2D eigenvalue weighted by molar-refractivity contribution is 4.90. The van der Waals surface area contributed by atoms with Crippen molar-refractivity contribution < 1.29 is 4.57 Å². The Balaban J connectivity index is 2.38. The normalized spacial score (nSPS) is 13.5. The van der Waals surface area contributed by atoms with Gasteiger partial charge in [0, 0.05) is 0 Å². The Kier molecular flexibility index (Phi) is 19.0. The summed E-state index contributed by atoms with van der Waals surface area (Å²) in [5.41, 5.74) is 0. The fourth-order valence-corrected chi connectivity index (χ4v) is 5.19. The van der Waals surface area contributed by atoms with Crippen molar-refractivity contribution in [2.75, 3.05) is 0 Å². The largest absolute Gasteiger partial charge is 0.257 e. The van der Waals surface area contributed by atoms with E-state index in [-0.39, 0.29) is 0 Å². The van der Waals surface area contributed by atoms with Crippen LogP contribution < -0.4 is 4.57 Å². The average molecular weight is 448 g/mol. The first-order valence-electron chi connectivity index (χ1n) is 14.8. The number of H-pyrrole nitrogens is 1. The number of hydrogen-bond acceptors (Lipinski definition) is 0. The van der Waals surface area contributed by atoms with Crippen LogP contribution >= 0.6 is 0 Å². The number of aromatic nitrogens is 2. The molecule has 0 amide bonds. The molecule has 0 saturated carbocycles. The summed E-state index contributed by atoms with van der Waals surface area (Å²) in [6.07, 6.45) is 33.8. The zero-order chi connectivity index (χ0) is 23.3. The lowest BCUT2D eigenvalue weighted by Gasteiger charge is -2.17. The Hall–Kier alpha value is -0.790. The van der Waals surface area contributed by atoms with Gasteiger partial charge in [-0.3, -0.25) is 0 Å². The highest BCUT2D eigenvalue weighted by atomic mass is 15.1. The summed E-state index contributed by atoms with van der Waals surface area (Å²) < 4.78 is 2.59. The Morgan fingerprint density at radius 1 is 0.594 bits per heavy atom. The van der Waals surface area contributed by atoms with Crippen molar-refractivity contribution in [3.63, 3.8) is 0 Å². The van der Waals surface area contributed by atoms with E-state index in [1.54, 1.807) is 0 Å². The summed E-state index contributed by atoms with van der Waals surface area (Å²) in [6, 6.07) is 0.624. The monoisotopic (exact) mass is 447 g/mol. The van der Waals surface area contributed by atoms with Crippen LogP contribution in [0.5, 0.6) is 0 Å². The maximum absolute atomic E-state index is 3.67. The standard InChI is InChI=1S/C30H58N2/c1-5-8-11-13-14-15-16-17-19-21-23-28(4)32-27-26-31-30(32)29(24-20-10-7-3)25-22-18-12-9-6-2/h26-29H,5-25H2,1-4H3/p+1. The summed E-state index contributed by atoms with van der Waals surface area (Å²) in [4.78, 5) is 3.67. The Morgan fingerprint density at radius 2 is 1.00 bits per heavy atom. The molecule has 2 unspecified atom stereocenters. The predicted octanol–water partition coefficient (Wildman–Crippen LogP) is 10.2. The first kappa shape index (κ1) is 29.2. The molecule has 1 heterocycles. The molecule has 0 fully saturated rings. The third-order valence-electron chi connectivity index (χ3n) is 7.39. The maximum atomic E-state index is 3.67. The van der Waals surface area contributed by atoms with Crippen LogP contribution in [0.15, 0.2) is 12.4 Å². The Morgan fingerprint density at radius 3 is 1.53 bits per heavy atom. The molecule has 0 bridgehead atoms. The maximum Gasteiger partial charge on any atom is 0.257 e. The van der Waals surface area contributed by atoms with Gasteiger partial charge in [-0.1, -0.05) is 130 Å². The smallest absolute Gasteiger partial charge is 0.247 e. The van der Waals surface area contributed by atoms with Crippen LogP contribution in [0.4, 0.5) is 0 Å². The molecule has 1 aromatic rings. The number of imidazole rings is 1. The van der Waals surface area contributed by atoms with Crippen LogP contribution in [0.2, 0.25) is 0 Å². The van der Waals surface area contributed by atoms with Gasteiger partial charge in [0.1, 0.15) is 12.4 Å². The number of nitrogens with zero attached hydrogens (tertiary/aromatic N) is 1.